The standard InChI is InChI=1S/C21H24N8/c1-14-10-20(27-26-14)24-19-11-18-17(4-2-8-23-18)21(25-19)28-12-15-5-6-16(13-28)29(15)9-3-7-22/h2,4,8,10-11,15-16H,3,5-6,9,12-13H2,1H3,(H2,24,25,26,27). The molecule has 5 heterocycles. The number of aryl methyl sites for hydroxylation is 1. The van der Waals surface area contributed by atoms with Crippen LogP contribution in [0.15, 0.2) is 30.5 Å². The maximum atomic E-state index is 8.97. The fourth-order valence-corrected chi connectivity index (χ4v) is 4.68. The van der Waals surface area contributed by atoms with Gasteiger partial charge in [-0.1, -0.05) is 0 Å². The summed E-state index contributed by atoms with van der Waals surface area (Å²) in [6.07, 6.45) is 4.79. The number of aromatic amines is 1. The lowest BCUT2D eigenvalue weighted by molar-refractivity contribution is 0.173. The number of fused-ring (bicyclic) bond motifs is 3. The van der Waals surface area contributed by atoms with Crippen LogP contribution in [0.2, 0.25) is 0 Å². The summed E-state index contributed by atoms with van der Waals surface area (Å²) in [5.74, 6) is 2.47. The Bertz CT molecular complexity index is 1050. The number of piperazine rings is 1. The molecule has 2 unspecified atom stereocenters. The highest BCUT2D eigenvalue weighted by atomic mass is 15.3. The first-order chi connectivity index (χ1) is 14.2. The van der Waals surface area contributed by atoms with Gasteiger partial charge in [-0.2, -0.15) is 10.4 Å². The largest absolute Gasteiger partial charge is 0.353 e. The van der Waals surface area contributed by atoms with E-state index in [0.717, 1.165) is 53.7 Å². The molecule has 2 saturated heterocycles. The van der Waals surface area contributed by atoms with E-state index in [4.69, 9.17) is 10.2 Å². The van der Waals surface area contributed by atoms with E-state index in [9.17, 15) is 0 Å². The molecule has 8 heteroatoms. The fraction of sp³-hybridized carbons (Fsp3) is 0.429. The van der Waals surface area contributed by atoms with Crippen molar-refractivity contribution in [1.82, 2.24) is 25.1 Å². The smallest absolute Gasteiger partial charge is 0.153 e. The van der Waals surface area contributed by atoms with Crippen LogP contribution in [-0.2, 0) is 0 Å². The zero-order valence-corrected chi connectivity index (χ0v) is 16.5. The average Bonchev–Trinajstić information content (AvgIpc) is 3.23. The summed E-state index contributed by atoms with van der Waals surface area (Å²) in [7, 11) is 0. The molecule has 0 spiro atoms. The maximum Gasteiger partial charge on any atom is 0.153 e. The highest BCUT2D eigenvalue weighted by molar-refractivity contribution is 5.92. The zero-order valence-electron chi connectivity index (χ0n) is 16.5. The van der Waals surface area contributed by atoms with E-state index in [2.05, 4.69) is 42.4 Å². The Hall–Kier alpha value is -3.18. The predicted octanol–water partition coefficient (Wildman–Crippen LogP) is 2.97. The fourth-order valence-electron chi connectivity index (χ4n) is 4.68. The van der Waals surface area contributed by atoms with Gasteiger partial charge in [-0.3, -0.25) is 15.0 Å². The van der Waals surface area contributed by atoms with Crippen LogP contribution < -0.4 is 10.2 Å². The molecule has 0 saturated carbocycles. The van der Waals surface area contributed by atoms with E-state index in [-0.39, 0.29) is 0 Å². The Labute approximate surface area is 169 Å². The number of aromatic nitrogens is 4. The topological polar surface area (TPSA) is 96.8 Å². The van der Waals surface area contributed by atoms with E-state index >= 15 is 0 Å². The van der Waals surface area contributed by atoms with Crippen molar-refractivity contribution >= 4 is 28.4 Å². The van der Waals surface area contributed by atoms with E-state index in [1.807, 2.05) is 31.3 Å². The first kappa shape index (κ1) is 17.9. The van der Waals surface area contributed by atoms with Crippen molar-refractivity contribution in [2.24, 2.45) is 0 Å². The van der Waals surface area contributed by atoms with Crippen molar-refractivity contribution in [2.45, 2.75) is 38.3 Å². The summed E-state index contributed by atoms with van der Waals surface area (Å²) >= 11 is 0. The van der Waals surface area contributed by atoms with Gasteiger partial charge in [0.05, 0.1) is 11.6 Å². The molecular weight excluding hydrogens is 364 g/mol. The monoisotopic (exact) mass is 388 g/mol. The summed E-state index contributed by atoms with van der Waals surface area (Å²) in [6.45, 7) is 4.71. The normalized spacial score (nSPS) is 21.4. The van der Waals surface area contributed by atoms with Crippen LogP contribution in [0.25, 0.3) is 10.9 Å². The molecule has 8 nitrogen and oxygen atoms in total. The first-order valence-electron chi connectivity index (χ1n) is 10.1. The average molecular weight is 388 g/mol. The molecule has 2 aliphatic heterocycles. The maximum absolute atomic E-state index is 8.97. The van der Waals surface area contributed by atoms with Crippen molar-refractivity contribution in [1.29, 1.82) is 5.26 Å². The molecular formula is C21H24N8. The number of nitrogens with zero attached hydrogens (tertiary/aromatic N) is 6. The molecule has 0 aromatic carbocycles. The molecule has 2 bridgehead atoms. The Kier molecular flexibility index (Phi) is 4.52. The minimum absolute atomic E-state index is 0.487. The minimum Gasteiger partial charge on any atom is -0.353 e. The van der Waals surface area contributed by atoms with E-state index in [1.165, 1.54) is 12.8 Å². The lowest BCUT2D eigenvalue weighted by Crippen LogP contribution is -2.54. The van der Waals surface area contributed by atoms with Crippen LogP contribution in [0.5, 0.6) is 0 Å². The van der Waals surface area contributed by atoms with E-state index < -0.39 is 0 Å². The van der Waals surface area contributed by atoms with Crippen molar-refractivity contribution in [3.63, 3.8) is 0 Å². The highest BCUT2D eigenvalue weighted by Crippen LogP contribution is 2.35. The number of rotatable bonds is 5. The van der Waals surface area contributed by atoms with Crippen molar-refractivity contribution < 1.29 is 0 Å². The van der Waals surface area contributed by atoms with Crippen LogP contribution in [0.3, 0.4) is 0 Å². The summed E-state index contributed by atoms with van der Waals surface area (Å²) in [6, 6.07) is 11.3. The number of hydrogen-bond acceptors (Lipinski definition) is 7. The second-order valence-corrected chi connectivity index (χ2v) is 7.90. The second kappa shape index (κ2) is 7.33. The van der Waals surface area contributed by atoms with Gasteiger partial charge in [0, 0.05) is 67.5 Å². The predicted molar refractivity (Wildman–Crippen MR) is 112 cm³/mol. The van der Waals surface area contributed by atoms with Crippen LogP contribution >= 0.6 is 0 Å². The van der Waals surface area contributed by atoms with Gasteiger partial charge in [0.2, 0.25) is 0 Å². The molecule has 29 heavy (non-hydrogen) atoms. The second-order valence-electron chi connectivity index (χ2n) is 7.90. The van der Waals surface area contributed by atoms with Crippen LogP contribution in [0.4, 0.5) is 17.5 Å². The van der Waals surface area contributed by atoms with Gasteiger partial charge in [0.15, 0.2) is 5.82 Å². The van der Waals surface area contributed by atoms with Crippen molar-refractivity contribution in [3.8, 4) is 6.07 Å². The number of nitriles is 1. The lowest BCUT2D eigenvalue weighted by atomic mass is 10.1. The van der Waals surface area contributed by atoms with Gasteiger partial charge >= 0.3 is 0 Å². The SMILES string of the molecule is Cc1cc(Nc2cc3ncccc3c(N3CC4CCC(C3)N4CCC#N)n2)n[nH]1. The zero-order chi connectivity index (χ0) is 19.8. The quantitative estimate of drug-likeness (QED) is 0.693. The third-order valence-corrected chi connectivity index (χ3v) is 5.96. The summed E-state index contributed by atoms with van der Waals surface area (Å²) in [4.78, 5) is 14.5. The highest BCUT2D eigenvalue weighted by Gasteiger charge is 2.40. The first-order valence-corrected chi connectivity index (χ1v) is 10.1. The molecule has 5 rings (SSSR count). The number of pyridine rings is 2. The van der Waals surface area contributed by atoms with Gasteiger partial charge in [0.25, 0.3) is 0 Å². The Morgan fingerprint density at radius 1 is 1.24 bits per heavy atom. The van der Waals surface area contributed by atoms with Crippen molar-refractivity contribution in [2.75, 3.05) is 29.9 Å². The Balaban J connectivity index is 1.47. The molecule has 2 N–H and O–H groups in total. The molecule has 0 radical (unpaired) electrons. The Morgan fingerprint density at radius 2 is 2.07 bits per heavy atom. The van der Waals surface area contributed by atoms with Crippen LogP contribution in [0.1, 0.15) is 25.0 Å². The molecule has 0 aliphatic carbocycles. The van der Waals surface area contributed by atoms with Gasteiger partial charge < -0.3 is 10.2 Å². The minimum atomic E-state index is 0.487. The van der Waals surface area contributed by atoms with Gasteiger partial charge in [0.1, 0.15) is 11.6 Å². The van der Waals surface area contributed by atoms with Crippen LogP contribution in [-0.4, -0.2) is 56.8 Å². The van der Waals surface area contributed by atoms with Crippen molar-refractivity contribution in [3.05, 3.63) is 36.2 Å². The number of hydrogen-bond donors (Lipinski definition) is 2. The molecule has 2 fully saturated rings. The third kappa shape index (κ3) is 3.38. The molecule has 0 amide bonds. The summed E-state index contributed by atoms with van der Waals surface area (Å²) in [5.41, 5.74) is 1.92. The number of nitrogens with one attached hydrogen (secondary N) is 2. The molecule has 3 aromatic rings. The number of anilines is 3. The lowest BCUT2D eigenvalue weighted by Gasteiger charge is -2.41. The third-order valence-electron chi connectivity index (χ3n) is 5.96. The summed E-state index contributed by atoms with van der Waals surface area (Å²) < 4.78 is 0. The van der Waals surface area contributed by atoms with Gasteiger partial charge in [-0.15, -0.1) is 0 Å². The van der Waals surface area contributed by atoms with Crippen LogP contribution in [0, 0.1) is 18.3 Å². The number of H-pyrrole nitrogens is 1. The molecule has 3 aromatic heterocycles. The van der Waals surface area contributed by atoms with Gasteiger partial charge in [-0.25, -0.2) is 4.98 Å². The molecule has 148 valence electrons. The molecule has 2 aliphatic rings. The van der Waals surface area contributed by atoms with Gasteiger partial charge in [-0.05, 0) is 31.9 Å². The molecule has 2 atom stereocenters. The Morgan fingerprint density at radius 3 is 2.79 bits per heavy atom. The summed E-state index contributed by atoms with van der Waals surface area (Å²) in [5, 5.41) is 20.6. The van der Waals surface area contributed by atoms with E-state index in [1.54, 1.807) is 0 Å². The van der Waals surface area contributed by atoms with E-state index in [0.29, 0.717) is 18.5 Å².